The second kappa shape index (κ2) is 7.25. The molecule has 0 radical (unpaired) electrons. The predicted octanol–water partition coefficient (Wildman–Crippen LogP) is 1.29. The van der Waals surface area contributed by atoms with Crippen LogP contribution in [0.3, 0.4) is 0 Å². The average Bonchev–Trinajstić information content (AvgIpc) is 3.11. The summed E-state index contributed by atoms with van der Waals surface area (Å²) in [6.45, 7) is 4.69. The largest absolute Gasteiger partial charge is 0.373 e. The van der Waals surface area contributed by atoms with E-state index in [1.807, 2.05) is 6.92 Å². The number of fused-ring (bicyclic) bond motifs is 1. The Kier molecular flexibility index (Phi) is 5.31. The highest BCUT2D eigenvalue weighted by atomic mass is 32.1. The molecule has 1 aliphatic carbocycles. The maximum Gasteiger partial charge on any atom is 0.248 e. The second-order valence-electron chi connectivity index (χ2n) is 6.45. The summed E-state index contributed by atoms with van der Waals surface area (Å²) in [6, 6.07) is 0.366. The maximum absolute atomic E-state index is 11.7. The van der Waals surface area contributed by atoms with Crippen molar-refractivity contribution >= 4 is 17.2 Å². The predicted molar refractivity (Wildman–Crippen MR) is 88.5 cm³/mol. The fourth-order valence-electron chi connectivity index (χ4n) is 3.36. The van der Waals surface area contributed by atoms with Crippen molar-refractivity contribution in [2.75, 3.05) is 33.9 Å². The topological polar surface area (TPSA) is 54.9 Å². The van der Waals surface area contributed by atoms with Crippen LogP contribution in [0.2, 0.25) is 0 Å². The first-order valence-electron chi connectivity index (χ1n) is 8.13. The van der Waals surface area contributed by atoms with Crippen LogP contribution in [-0.2, 0) is 20.8 Å². The highest BCUT2D eigenvalue weighted by Gasteiger charge is 2.43. The molecular weight excluding hydrogens is 314 g/mol. The van der Waals surface area contributed by atoms with E-state index >= 15 is 0 Å². The van der Waals surface area contributed by atoms with Gasteiger partial charge in [-0.05, 0) is 19.8 Å². The van der Waals surface area contributed by atoms with Crippen molar-refractivity contribution < 1.29 is 14.3 Å². The van der Waals surface area contributed by atoms with Gasteiger partial charge in [0.15, 0.2) is 0 Å². The lowest BCUT2D eigenvalue weighted by Crippen LogP contribution is -2.51. The number of thiazole rings is 1. The number of rotatable bonds is 5. The zero-order chi connectivity index (χ0) is 16.4. The SMILES string of the molecule is Cc1nc(CN2CCO[C@H]3[C@H](OCC(=O)N(C)C)CC[C@@H]32)cs1. The molecular formula is C16H25N3O3S. The number of aryl methyl sites for hydroxylation is 1. The monoisotopic (exact) mass is 339 g/mol. The number of ether oxygens (including phenoxy) is 2. The minimum Gasteiger partial charge on any atom is -0.373 e. The number of carbonyl (C=O) groups excluding carboxylic acids is 1. The summed E-state index contributed by atoms with van der Waals surface area (Å²) < 4.78 is 11.8. The number of amides is 1. The van der Waals surface area contributed by atoms with Crippen LogP contribution in [0.25, 0.3) is 0 Å². The summed E-state index contributed by atoms with van der Waals surface area (Å²) in [6.07, 6.45) is 2.08. The van der Waals surface area contributed by atoms with Gasteiger partial charge in [0.2, 0.25) is 5.91 Å². The highest BCUT2D eigenvalue weighted by molar-refractivity contribution is 7.09. The molecule has 1 amide bonds. The van der Waals surface area contributed by atoms with Gasteiger partial charge in [-0.1, -0.05) is 0 Å². The molecule has 1 aromatic rings. The van der Waals surface area contributed by atoms with Gasteiger partial charge >= 0.3 is 0 Å². The van der Waals surface area contributed by atoms with Gasteiger partial charge in [-0.2, -0.15) is 0 Å². The number of carbonyl (C=O) groups is 1. The van der Waals surface area contributed by atoms with Crippen LogP contribution in [0, 0.1) is 6.92 Å². The van der Waals surface area contributed by atoms with Crippen LogP contribution >= 0.6 is 11.3 Å². The first-order chi connectivity index (χ1) is 11.0. The van der Waals surface area contributed by atoms with Crippen molar-refractivity contribution in [1.82, 2.24) is 14.8 Å². The Morgan fingerprint density at radius 3 is 3.04 bits per heavy atom. The second-order valence-corrected chi connectivity index (χ2v) is 7.51. The molecule has 0 N–H and O–H groups in total. The third-order valence-electron chi connectivity index (χ3n) is 4.60. The lowest BCUT2D eigenvalue weighted by atomic mass is 10.1. The van der Waals surface area contributed by atoms with E-state index in [0.29, 0.717) is 12.6 Å². The molecule has 1 aliphatic heterocycles. The van der Waals surface area contributed by atoms with Crippen LogP contribution in [0.4, 0.5) is 0 Å². The molecule has 2 heterocycles. The molecule has 2 aliphatic rings. The molecule has 3 rings (SSSR count). The van der Waals surface area contributed by atoms with E-state index < -0.39 is 0 Å². The molecule has 0 aromatic carbocycles. The summed E-state index contributed by atoms with van der Waals surface area (Å²) >= 11 is 1.70. The van der Waals surface area contributed by atoms with Crippen LogP contribution in [0.15, 0.2) is 5.38 Å². The number of likely N-dealkylation sites (N-methyl/N-ethyl adjacent to an activating group) is 1. The Morgan fingerprint density at radius 2 is 2.35 bits per heavy atom. The Labute approximate surface area is 141 Å². The van der Waals surface area contributed by atoms with E-state index in [1.165, 1.54) is 0 Å². The van der Waals surface area contributed by atoms with Crippen molar-refractivity contribution in [2.24, 2.45) is 0 Å². The molecule has 1 saturated carbocycles. The number of morpholine rings is 1. The number of hydrogen-bond acceptors (Lipinski definition) is 6. The van der Waals surface area contributed by atoms with Crippen LogP contribution in [0.1, 0.15) is 23.5 Å². The summed E-state index contributed by atoms with van der Waals surface area (Å²) in [5.41, 5.74) is 1.14. The number of aromatic nitrogens is 1. The van der Waals surface area contributed by atoms with Gasteiger partial charge in [-0.25, -0.2) is 4.98 Å². The minimum absolute atomic E-state index is 0.000867. The van der Waals surface area contributed by atoms with Crippen LogP contribution in [-0.4, -0.2) is 72.8 Å². The van der Waals surface area contributed by atoms with Crippen LogP contribution in [0.5, 0.6) is 0 Å². The van der Waals surface area contributed by atoms with Crippen molar-refractivity contribution in [3.05, 3.63) is 16.1 Å². The molecule has 0 spiro atoms. The third-order valence-corrected chi connectivity index (χ3v) is 5.42. The third kappa shape index (κ3) is 3.91. The fourth-order valence-corrected chi connectivity index (χ4v) is 3.97. The van der Waals surface area contributed by atoms with Crippen molar-refractivity contribution in [3.8, 4) is 0 Å². The molecule has 1 aromatic heterocycles. The lowest BCUT2D eigenvalue weighted by Gasteiger charge is -2.38. The van der Waals surface area contributed by atoms with Gasteiger partial charge in [0.1, 0.15) is 6.61 Å². The normalized spacial score (nSPS) is 27.9. The zero-order valence-electron chi connectivity index (χ0n) is 14.0. The Hall–Kier alpha value is -1.02. The molecule has 7 heteroatoms. The van der Waals surface area contributed by atoms with Crippen molar-refractivity contribution in [3.63, 3.8) is 0 Å². The molecule has 2 fully saturated rings. The van der Waals surface area contributed by atoms with E-state index in [-0.39, 0.29) is 24.7 Å². The fraction of sp³-hybridized carbons (Fsp3) is 0.750. The standard InChI is InChI=1S/C16H25N3O3S/c1-11-17-12(10-23-11)8-19-6-7-21-16-13(19)4-5-14(16)22-9-15(20)18(2)3/h10,13-14,16H,4-9H2,1-3H3/t13-,14+,16+/m0/s1. The Morgan fingerprint density at radius 1 is 1.52 bits per heavy atom. The Balaban J connectivity index is 1.57. The molecule has 23 heavy (non-hydrogen) atoms. The molecule has 6 nitrogen and oxygen atoms in total. The summed E-state index contributed by atoms with van der Waals surface area (Å²) in [5, 5.41) is 3.25. The van der Waals surface area contributed by atoms with E-state index in [9.17, 15) is 4.79 Å². The van der Waals surface area contributed by atoms with Gasteiger partial charge in [-0.15, -0.1) is 11.3 Å². The van der Waals surface area contributed by atoms with Crippen LogP contribution < -0.4 is 0 Å². The van der Waals surface area contributed by atoms with Crippen molar-refractivity contribution in [2.45, 2.75) is 44.6 Å². The van der Waals surface area contributed by atoms with Gasteiger partial charge in [0, 0.05) is 38.6 Å². The maximum atomic E-state index is 11.7. The molecule has 0 bridgehead atoms. The molecule has 128 valence electrons. The number of nitrogens with zero attached hydrogens (tertiary/aromatic N) is 3. The van der Waals surface area contributed by atoms with Gasteiger partial charge in [-0.3, -0.25) is 9.69 Å². The average molecular weight is 339 g/mol. The Bertz CT molecular complexity index is 548. The van der Waals surface area contributed by atoms with Gasteiger partial charge in [0.25, 0.3) is 0 Å². The molecule has 3 atom stereocenters. The van der Waals surface area contributed by atoms with Gasteiger partial charge < -0.3 is 14.4 Å². The van der Waals surface area contributed by atoms with E-state index in [0.717, 1.165) is 36.6 Å². The zero-order valence-corrected chi connectivity index (χ0v) is 14.8. The quantitative estimate of drug-likeness (QED) is 0.809. The minimum atomic E-state index is -0.000867. The molecule has 1 saturated heterocycles. The highest BCUT2D eigenvalue weighted by Crippen LogP contribution is 2.33. The van der Waals surface area contributed by atoms with Gasteiger partial charge in [0.05, 0.1) is 29.5 Å². The van der Waals surface area contributed by atoms with E-state index in [1.54, 1.807) is 30.3 Å². The smallest absolute Gasteiger partial charge is 0.248 e. The summed E-state index contributed by atoms with van der Waals surface area (Å²) in [5.74, 6) is -0.000867. The molecule has 0 unspecified atom stereocenters. The first-order valence-corrected chi connectivity index (χ1v) is 9.01. The number of hydrogen-bond donors (Lipinski definition) is 0. The van der Waals surface area contributed by atoms with Crippen molar-refractivity contribution in [1.29, 1.82) is 0 Å². The van der Waals surface area contributed by atoms with E-state index in [2.05, 4.69) is 15.3 Å². The summed E-state index contributed by atoms with van der Waals surface area (Å²) in [4.78, 5) is 20.3. The lowest BCUT2D eigenvalue weighted by molar-refractivity contribution is -0.144. The van der Waals surface area contributed by atoms with E-state index in [4.69, 9.17) is 9.47 Å². The first kappa shape index (κ1) is 16.8. The summed E-state index contributed by atoms with van der Waals surface area (Å²) in [7, 11) is 3.50.